The van der Waals surface area contributed by atoms with Crippen molar-refractivity contribution in [1.82, 2.24) is 0 Å². The Balaban J connectivity index is 2.23. The van der Waals surface area contributed by atoms with Crippen molar-refractivity contribution in [3.8, 4) is 0 Å². The molecule has 0 heterocycles. The van der Waals surface area contributed by atoms with E-state index in [9.17, 15) is 4.79 Å². The van der Waals surface area contributed by atoms with E-state index in [1.165, 1.54) is 5.39 Å². The lowest BCUT2D eigenvalue weighted by molar-refractivity contribution is 0.158. The Morgan fingerprint density at radius 3 is 2.76 bits per heavy atom. The molecule has 2 rings (SSSR count). The lowest BCUT2D eigenvalue weighted by Crippen LogP contribution is -2.14. The minimum atomic E-state index is -0.734. The SMILES string of the molecule is NC(=O)OCCc1ccc2ccccc2c1Br. The summed E-state index contributed by atoms with van der Waals surface area (Å²) < 4.78 is 5.78. The maximum absolute atomic E-state index is 10.5. The first kappa shape index (κ1) is 11.9. The number of halogens is 1. The molecule has 0 atom stereocenters. The van der Waals surface area contributed by atoms with Crippen molar-refractivity contribution < 1.29 is 9.53 Å². The largest absolute Gasteiger partial charge is 0.449 e. The average Bonchev–Trinajstić information content (AvgIpc) is 2.32. The van der Waals surface area contributed by atoms with Crippen molar-refractivity contribution in [3.05, 3.63) is 46.4 Å². The normalized spacial score (nSPS) is 10.4. The molecule has 0 radical (unpaired) electrons. The molecule has 3 nitrogen and oxygen atoms in total. The van der Waals surface area contributed by atoms with Crippen molar-refractivity contribution in [2.75, 3.05) is 6.61 Å². The molecule has 2 aromatic carbocycles. The molecule has 2 aromatic rings. The molecule has 0 saturated carbocycles. The Morgan fingerprint density at radius 1 is 1.24 bits per heavy atom. The van der Waals surface area contributed by atoms with Crippen LogP contribution in [0.25, 0.3) is 10.8 Å². The third-order valence-corrected chi connectivity index (χ3v) is 3.50. The van der Waals surface area contributed by atoms with Crippen molar-refractivity contribution >= 4 is 32.8 Å². The average molecular weight is 294 g/mol. The molecule has 2 N–H and O–H groups in total. The minimum absolute atomic E-state index is 0.298. The Labute approximate surface area is 108 Å². The molecule has 0 saturated heterocycles. The summed E-state index contributed by atoms with van der Waals surface area (Å²) in [6.45, 7) is 0.298. The van der Waals surface area contributed by atoms with Crippen LogP contribution < -0.4 is 5.73 Å². The summed E-state index contributed by atoms with van der Waals surface area (Å²) in [5, 5.41) is 2.34. The van der Waals surface area contributed by atoms with Gasteiger partial charge < -0.3 is 10.5 Å². The number of hydrogen-bond acceptors (Lipinski definition) is 2. The van der Waals surface area contributed by atoms with Gasteiger partial charge in [-0.1, -0.05) is 36.4 Å². The quantitative estimate of drug-likeness (QED) is 0.944. The van der Waals surface area contributed by atoms with E-state index in [2.05, 4.69) is 34.1 Å². The van der Waals surface area contributed by atoms with E-state index in [0.717, 1.165) is 15.4 Å². The first-order valence-corrected chi connectivity index (χ1v) is 6.06. The smallest absolute Gasteiger partial charge is 0.404 e. The molecule has 0 spiro atoms. The highest BCUT2D eigenvalue weighted by molar-refractivity contribution is 9.10. The number of carbonyl (C=O) groups is 1. The van der Waals surface area contributed by atoms with E-state index in [-0.39, 0.29) is 0 Å². The van der Waals surface area contributed by atoms with Crippen LogP contribution in [0.1, 0.15) is 5.56 Å². The molecule has 0 aliphatic rings. The molecule has 0 aromatic heterocycles. The van der Waals surface area contributed by atoms with E-state index in [4.69, 9.17) is 10.5 Å². The summed E-state index contributed by atoms with van der Waals surface area (Å²) in [5.74, 6) is 0. The van der Waals surface area contributed by atoms with Crippen LogP contribution in [0.3, 0.4) is 0 Å². The van der Waals surface area contributed by atoms with Crippen LogP contribution in [0.2, 0.25) is 0 Å². The Hall–Kier alpha value is -1.55. The van der Waals surface area contributed by atoms with E-state index in [1.54, 1.807) is 0 Å². The lowest BCUT2D eigenvalue weighted by Gasteiger charge is -2.08. The van der Waals surface area contributed by atoms with Gasteiger partial charge in [0.05, 0.1) is 6.61 Å². The molecule has 0 unspecified atom stereocenters. The topological polar surface area (TPSA) is 52.3 Å². The fourth-order valence-corrected chi connectivity index (χ4v) is 2.42. The minimum Gasteiger partial charge on any atom is -0.449 e. The van der Waals surface area contributed by atoms with Gasteiger partial charge in [0.1, 0.15) is 0 Å². The molecule has 17 heavy (non-hydrogen) atoms. The number of primary amides is 1. The summed E-state index contributed by atoms with van der Waals surface area (Å²) in [6, 6.07) is 12.2. The predicted octanol–water partition coefficient (Wildman–Crippen LogP) is 3.24. The highest BCUT2D eigenvalue weighted by Gasteiger charge is 2.05. The predicted molar refractivity (Wildman–Crippen MR) is 70.9 cm³/mol. The molecular weight excluding hydrogens is 282 g/mol. The number of amides is 1. The fraction of sp³-hybridized carbons (Fsp3) is 0.154. The number of fused-ring (bicyclic) bond motifs is 1. The second-order valence-electron chi connectivity index (χ2n) is 3.68. The van der Waals surface area contributed by atoms with Gasteiger partial charge in [0.15, 0.2) is 0 Å². The Morgan fingerprint density at radius 2 is 2.00 bits per heavy atom. The second kappa shape index (κ2) is 5.19. The van der Waals surface area contributed by atoms with Crippen molar-refractivity contribution in [1.29, 1.82) is 0 Å². The summed E-state index contributed by atoms with van der Waals surface area (Å²) in [4.78, 5) is 10.5. The Kier molecular flexibility index (Phi) is 3.64. The highest BCUT2D eigenvalue weighted by atomic mass is 79.9. The zero-order chi connectivity index (χ0) is 12.3. The van der Waals surface area contributed by atoms with Crippen LogP contribution in [0.4, 0.5) is 4.79 Å². The monoisotopic (exact) mass is 293 g/mol. The van der Waals surface area contributed by atoms with Crippen LogP contribution in [-0.4, -0.2) is 12.7 Å². The van der Waals surface area contributed by atoms with Crippen LogP contribution in [0.15, 0.2) is 40.9 Å². The van der Waals surface area contributed by atoms with Gasteiger partial charge >= 0.3 is 6.09 Å². The third-order valence-electron chi connectivity index (χ3n) is 2.56. The van der Waals surface area contributed by atoms with Gasteiger partial charge in [0, 0.05) is 10.9 Å². The van der Waals surface area contributed by atoms with Gasteiger partial charge in [0.25, 0.3) is 0 Å². The van der Waals surface area contributed by atoms with Crippen LogP contribution >= 0.6 is 15.9 Å². The lowest BCUT2D eigenvalue weighted by atomic mass is 10.1. The van der Waals surface area contributed by atoms with E-state index in [1.807, 2.05) is 18.2 Å². The Bertz CT molecular complexity index is 554. The van der Waals surface area contributed by atoms with Crippen LogP contribution in [0, 0.1) is 0 Å². The van der Waals surface area contributed by atoms with E-state index >= 15 is 0 Å². The van der Waals surface area contributed by atoms with Gasteiger partial charge in [-0.15, -0.1) is 0 Å². The molecule has 0 fully saturated rings. The van der Waals surface area contributed by atoms with Gasteiger partial charge in [-0.05, 0) is 32.3 Å². The summed E-state index contributed by atoms with van der Waals surface area (Å²) in [5.41, 5.74) is 6.01. The number of ether oxygens (including phenoxy) is 1. The van der Waals surface area contributed by atoms with Crippen molar-refractivity contribution in [2.45, 2.75) is 6.42 Å². The number of hydrogen-bond donors (Lipinski definition) is 1. The van der Waals surface area contributed by atoms with Crippen LogP contribution in [0.5, 0.6) is 0 Å². The fourth-order valence-electron chi connectivity index (χ4n) is 1.73. The van der Waals surface area contributed by atoms with Gasteiger partial charge in [-0.3, -0.25) is 0 Å². The second-order valence-corrected chi connectivity index (χ2v) is 4.47. The standard InChI is InChI=1S/C13H12BrNO2/c14-12-10(7-8-17-13(15)16)6-5-9-3-1-2-4-11(9)12/h1-6H,7-8H2,(H2,15,16). The van der Waals surface area contributed by atoms with Gasteiger partial charge in [0.2, 0.25) is 0 Å². The van der Waals surface area contributed by atoms with E-state index in [0.29, 0.717) is 13.0 Å². The maximum atomic E-state index is 10.5. The molecule has 0 aliphatic carbocycles. The van der Waals surface area contributed by atoms with Gasteiger partial charge in [-0.25, -0.2) is 4.79 Å². The van der Waals surface area contributed by atoms with Crippen molar-refractivity contribution in [2.24, 2.45) is 5.73 Å². The maximum Gasteiger partial charge on any atom is 0.404 e. The van der Waals surface area contributed by atoms with Crippen molar-refractivity contribution in [3.63, 3.8) is 0 Å². The number of nitrogens with two attached hydrogens (primary N) is 1. The highest BCUT2D eigenvalue weighted by Crippen LogP contribution is 2.27. The number of carbonyl (C=O) groups excluding carboxylic acids is 1. The molecule has 1 amide bonds. The molecule has 4 heteroatoms. The zero-order valence-corrected chi connectivity index (χ0v) is 10.7. The van der Waals surface area contributed by atoms with Crippen LogP contribution in [-0.2, 0) is 11.2 Å². The number of rotatable bonds is 3. The molecule has 0 aliphatic heterocycles. The summed E-state index contributed by atoms with van der Waals surface area (Å²) in [6.07, 6.45) is -0.0872. The third kappa shape index (κ3) is 2.77. The molecular formula is C13H12BrNO2. The first-order valence-electron chi connectivity index (χ1n) is 5.27. The number of benzene rings is 2. The van der Waals surface area contributed by atoms with Gasteiger partial charge in [-0.2, -0.15) is 0 Å². The molecule has 88 valence electrons. The first-order chi connectivity index (χ1) is 8.18. The summed E-state index contributed by atoms with van der Waals surface area (Å²) >= 11 is 3.58. The van der Waals surface area contributed by atoms with E-state index < -0.39 is 6.09 Å². The summed E-state index contributed by atoms with van der Waals surface area (Å²) in [7, 11) is 0. The zero-order valence-electron chi connectivity index (χ0n) is 9.15. The molecule has 0 bridgehead atoms.